The number of anilines is 4. The van der Waals surface area contributed by atoms with Gasteiger partial charge in [-0.3, -0.25) is 9.69 Å². The second-order valence-electron chi connectivity index (χ2n) is 12.5. The Morgan fingerprint density at radius 2 is 1.38 bits per heavy atom. The molecule has 0 radical (unpaired) electrons. The molecule has 47 heavy (non-hydrogen) atoms. The number of morpholine rings is 1. The van der Waals surface area contributed by atoms with E-state index < -0.39 is 0 Å². The molecule has 13 nitrogen and oxygen atoms in total. The number of amides is 3. The third-order valence-corrected chi connectivity index (χ3v) is 8.87. The van der Waals surface area contributed by atoms with Gasteiger partial charge in [-0.15, -0.1) is 0 Å². The maximum Gasteiger partial charge on any atom is 0.323 e. The molecule has 3 amide bonds. The first-order chi connectivity index (χ1) is 22.9. The molecular formula is C34H46N10O3. The minimum Gasteiger partial charge on any atom is -0.378 e. The van der Waals surface area contributed by atoms with Gasteiger partial charge in [0.2, 0.25) is 11.9 Å². The summed E-state index contributed by atoms with van der Waals surface area (Å²) >= 11 is 0. The molecule has 0 spiro atoms. The normalized spacial score (nSPS) is 18.1. The fraction of sp³-hybridized carbons (Fsp3) is 0.500. The van der Waals surface area contributed by atoms with Gasteiger partial charge in [0.1, 0.15) is 0 Å². The van der Waals surface area contributed by atoms with Gasteiger partial charge in [0, 0.05) is 87.4 Å². The molecule has 3 aliphatic heterocycles. The largest absolute Gasteiger partial charge is 0.378 e. The molecule has 3 saturated heterocycles. The molecule has 3 fully saturated rings. The number of carbonyl (C=O) groups excluding carboxylic acids is 2. The predicted octanol–water partition coefficient (Wildman–Crippen LogP) is 3.38. The molecule has 0 saturated carbocycles. The minimum absolute atomic E-state index is 0.0105. The number of nitrogens with one attached hydrogen (secondary N) is 3. The van der Waals surface area contributed by atoms with Crippen molar-refractivity contribution >= 4 is 35.2 Å². The third kappa shape index (κ3) is 8.53. The molecule has 3 aromatic rings. The summed E-state index contributed by atoms with van der Waals surface area (Å²) in [4.78, 5) is 49.2. The molecule has 0 aliphatic carbocycles. The summed E-state index contributed by atoms with van der Waals surface area (Å²) in [5.41, 5.74) is 2.69. The molecule has 4 heterocycles. The van der Waals surface area contributed by atoms with Crippen molar-refractivity contribution in [3.63, 3.8) is 0 Å². The van der Waals surface area contributed by atoms with E-state index in [1.807, 2.05) is 29.2 Å². The Bertz CT molecular complexity index is 1490. The van der Waals surface area contributed by atoms with Crippen LogP contribution in [0.4, 0.5) is 28.1 Å². The summed E-state index contributed by atoms with van der Waals surface area (Å²) in [6.07, 6.45) is 1.99. The summed E-state index contributed by atoms with van der Waals surface area (Å²) in [6, 6.07) is 14.7. The maximum atomic E-state index is 12.9. The highest BCUT2D eigenvalue weighted by atomic mass is 16.5. The molecule has 13 heteroatoms. The maximum absolute atomic E-state index is 12.9. The van der Waals surface area contributed by atoms with E-state index in [2.05, 4.69) is 44.5 Å². The lowest BCUT2D eigenvalue weighted by Gasteiger charge is -2.28. The number of benzene rings is 2. The average Bonchev–Trinajstić information content (AvgIpc) is 3.53. The van der Waals surface area contributed by atoms with Crippen LogP contribution in [0, 0.1) is 0 Å². The van der Waals surface area contributed by atoms with Gasteiger partial charge >= 0.3 is 6.03 Å². The van der Waals surface area contributed by atoms with Crippen molar-refractivity contribution in [1.29, 1.82) is 0 Å². The van der Waals surface area contributed by atoms with E-state index in [9.17, 15) is 9.59 Å². The number of ether oxygens (including phenoxy) is 1. The van der Waals surface area contributed by atoms with Gasteiger partial charge in [0.15, 0.2) is 5.82 Å². The topological polar surface area (TPSA) is 131 Å². The standard InChI is InChI=1S/C34H46N10O3/c1-25(2)41-16-4-17-43(20-19-41)32-38-30(39-33(40-32)44-21-23-47-24-22-44)26-5-9-28(10-6-26)36-34(46)37-29-11-7-27(8-12-29)31(45)42-15-3-13-35-14-18-42/h5-12,25,35H,3-4,13-24H2,1-2H3,(H2,36,37,46). The van der Waals surface area contributed by atoms with E-state index in [0.717, 1.165) is 77.3 Å². The molecule has 2 aromatic carbocycles. The first-order valence-electron chi connectivity index (χ1n) is 16.8. The lowest BCUT2D eigenvalue weighted by Crippen LogP contribution is -2.38. The highest BCUT2D eigenvalue weighted by molar-refractivity contribution is 6.00. The van der Waals surface area contributed by atoms with E-state index in [1.165, 1.54) is 0 Å². The van der Waals surface area contributed by atoms with Crippen LogP contribution >= 0.6 is 0 Å². The Labute approximate surface area is 276 Å². The minimum atomic E-state index is -0.371. The van der Waals surface area contributed by atoms with Gasteiger partial charge in [-0.05, 0) is 81.8 Å². The second kappa shape index (κ2) is 15.5. The van der Waals surface area contributed by atoms with Crippen molar-refractivity contribution < 1.29 is 14.3 Å². The summed E-state index contributed by atoms with van der Waals surface area (Å²) < 4.78 is 5.57. The van der Waals surface area contributed by atoms with Gasteiger partial charge in [0.25, 0.3) is 5.91 Å². The Kier molecular flexibility index (Phi) is 10.8. The first-order valence-corrected chi connectivity index (χ1v) is 16.8. The number of aromatic nitrogens is 3. The Balaban J connectivity index is 1.12. The second-order valence-corrected chi connectivity index (χ2v) is 12.5. The molecule has 1 aromatic heterocycles. The number of hydrogen-bond donors (Lipinski definition) is 3. The zero-order valence-corrected chi connectivity index (χ0v) is 27.5. The summed E-state index contributed by atoms with van der Waals surface area (Å²) in [7, 11) is 0. The van der Waals surface area contributed by atoms with Gasteiger partial charge in [-0.2, -0.15) is 15.0 Å². The molecule has 0 atom stereocenters. The van der Waals surface area contributed by atoms with Crippen LogP contribution in [0.15, 0.2) is 48.5 Å². The molecular weight excluding hydrogens is 596 g/mol. The predicted molar refractivity (Wildman–Crippen MR) is 184 cm³/mol. The monoisotopic (exact) mass is 642 g/mol. The highest BCUT2D eigenvalue weighted by Gasteiger charge is 2.23. The smallest absolute Gasteiger partial charge is 0.323 e. The third-order valence-electron chi connectivity index (χ3n) is 8.87. The molecule has 0 bridgehead atoms. The van der Waals surface area contributed by atoms with E-state index in [-0.39, 0.29) is 11.9 Å². The van der Waals surface area contributed by atoms with Crippen LogP contribution in [0.3, 0.4) is 0 Å². The zero-order valence-electron chi connectivity index (χ0n) is 27.5. The van der Waals surface area contributed by atoms with Crippen LogP contribution < -0.4 is 25.8 Å². The lowest BCUT2D eigenvalue weighted by molar-refractivity contribution is 0.0766. The van der Waals surface area contributed by atoms with Gasteiger partial charge in [-0.25, -0.2) is 4.79 Å². The van der Waals surface area contributed by atoms with Crippen molar-refractivity contribution in [3.8, 4) is 11.4 Å². The lowest BCUT2D eigenvalue weighted by atomic mass is 10.1. The number of carbonyl (C=O) groups is 2. The Morgan fingerprint density at radius 1 is 0.723 bits per heavy atom. The first kappa shape index (κ1) is 32.6. The number of hydrogen-bond acceptors (Lipinski definition) is 10. The number of rotatable bonds is 7. The Hall–Kier alpha value is -4.33. The van der Waals surface area contributed by atoms with E-state index in [1.54, 1.807) is 24.3 Å². The zero-order chi connectivity index (χ0) is 32.6. The quantitative estimate of drug-likeness (QED) is 0.353. The molecule has 250 valence electrons. The summed E-state index contributed by atoms with van der Waals surface area (Å²) in [5, 5.41) is 9.06. The van der Waals surface area contributed by atoms with Crippen LogP contribution in [-0.2, 0) is 4.74 Å². The van der Waals surface area contributed by atoms with Crippen LogP contribution in [0.2, 0.25) is 0 Å². The molecule has 6 rings (SSSR count). The van der Waals surface area contributed by atoms with Gasteiger partial charge in [-0.1, -0.05) is 0 Å². The number of urea groups is 1. The van der Waals surface area contributed by atoms with E-state index in [4.69, 9.17) is 19.7 Å². The van der Waals surface area contributed by atoms with E-state index >= 15 is 0 Å². The van der Waals surface area contributed by atoms with E-state index in [0.29, 0.717) is 60.5 Å². The summed E-state index contributed by atoms with van der Waals surface area (Å²) in [6.45, 7) is 14.2. The molecule has 3 aliphatic rings. The van der Waals surface area contributed by atoms with Crippen LogP contribution in [0.1, 0.15) is 37.0 Å². The molecule has 3 N–H and O–H groups in total. The fourth-order valence-corrected chi connectivity index (χ4v) is 6.11. The van der Waals surface area contributed by atoms with Crippen LogP contribution in [-0.4, -0.2) is 121 Å². The van der Waals surface area contributed by atoms with Crippen molar-refractivity contribution in [2.24, 2.45) is 0 Å². The summed E-state index contributed by atoms with van der Waals surface area (Å²) in [5.74, 6) is 1.97. The van der Waals surface area contributed by atoms with Gasteiger partial charge < -0.3 is 35.4 Å². The van der Waals surface area contributed by atoms with Crippen molar-refractivity contribution in [2.75, 3.05) is 99.1 Å². The van der Waals surface area contributed by atoms with Crippen LogP contribution in [0.25, 0.3) is 11.4 Å². The highest BCUT2D eigenvalue weighted by Crippen LogP contribution is 2.25. The average molecular weight is 643 g/mol. The van der Waals surface area contributed by atoms with Gasteiger partial charge in [0.05, 0.1) is 13.2 Å². The van der Waals surface area contributed by atoms with Crippen molar-refractivity contribution in [1.82, 2.24) is 30.1 Å². The van der Waals surface area contributed by atoms with Crippen molar-refractivity contribution in [2.45, 2.75) is 32.7 Å². The molecule has 0 unspecified atom stereocenters. The Morgan fingerprint density at radius 3 is 2.06 bits per heavy atom. The number of nitrogens with zero attached hydrogens (tertiary/aromatic N) is 7. The van der Waals surface area contributed by atoms with Crippen LogP contribution in [0.5, 0.6) is 0 Å². The van der Waals surface area contributed by atoms with Crippen molar-refractivity contribution in [3.05, 3.63) is 54.1 Å². The SMILES string of the molecule is CC(C)N1CCCN(c2nc(-c3ccc(NC(=O)Nc4ccc(C(=O)N5CCCNCC5)cc4)cc3)nc(N3CCOCC3)n2)CC1. The fourth-order valence-electron chi connectivity index (χ4n) is 6.11.